The molecular formula is C14H16N5O5. The number of carbonyl (C=O) groups is 3. The molecule has 0 unspecified atom stereocenters. The fraction of sp³-hybridized carbons (Fsp3) is 0.214. The van der Waals surface area contributed by atoms with E-state index in [1.165, 1.54) is 12.5 Å². The standard InChI is InChI=1S/C14H16N5O5/c1-9(21)19(12(8-20)6-13(22)23)18-14(24)17-11-4-2-10(3-5-11)7-16-15/h2-5,7,12H,6,15H2,1H3,(H,22,23)(H2,17,18,24)/t12-/m0/s1. The van der Waals surface area contributed by atoms with Gasteiger partial charge in [-0.2, -0.15) is 5.10 Å². The number of hydrazone groups is 1. The number of carboxylic acids is 1. The third-order valence-electron chi connectivity index (χ3n) is 2.77. The highest BCUT2D eigenvalue weighted by Crippen LogP contribution is 2.08. The highest BCUT2D eigenvalue weighted by molar-refractivity contribution is 5.92. The number of hydrogen-bond acceptors (Lipinski definition) is 6. The summed E-state index contributed by atoms with van der Waals surface area (Å²) in [4.78, 5) is 45.0. The smallest absolute Gasteiger partial charge is 0.338 e. The lowest BCUT2D eigenvalue weighted by molar-refractivity contribution is -0.140. The molecule has 10 nitrogen and oxygen atoms in total. The van der Waals surface area contributed by atoms with Crippen LogP contribution in [0.2, 0.25) is 0 Å². The highest BCUT2D eigenvalue weighted by Gasteiger charge is 2.26. The van der Waals surface area contributed by atoms with Gasteiger partial charge in [-0.3, -0.25) is 14.4 Å². The number of aliphatic carboxylic acids is 1. The van der Waals surface area contributed by atoms with Crippen LogP contribution in [0, 0.1) is 0 Å². The molecule has 1 radical (unpaired) electrons. The maximum absolute atomic E-state index is 11.9. The lowest BCUT2D eigenvalue weighted by Gasteiger charge is -2.25. The topological polar surface area (TPSA) is 154 Å². The number of nitrogens with zero attached hydrogens (tertiary/aromatic N) is 2. The number of anilines is 1. The first-order chi connectivity index (χ1) is 11.4. The Labute approximate surface area is 137 Å². The van der Waals surface area contributed by atoms with Crippen molar-refractivity contribution in [2.75, 3.05) is 5.32 Å². The Morgan fingerprint density at radius 2 is 2.00 bits per heavy atom. The van der Waals surface area contributed by atoms with E-state index in [-0.39, 0.29) is 0 Å². The van der Waals surface area contributed by atoms with Crippen LogP contribution in [-0.2, 0) is 14.4 Å². The minimum Gasteiger partial charge on any atom is -0.481 e. The molecule has 3 amide bonds. The maximum Gasteiger partial charge on any atom is 0.338 e. The quantitative estimate of drug-likeness (QED) is 0.321. The van der Waals surface area contributed by atoms with E-state index >= 15 is 0 Å². The summed E-state index contributed by atoms with van der Waals surface area (Å²) in [5.41, 5.74) is 3.23. The number of carbonyl (C=O) groups excluding carboxylic acids is 3. The van der Waals surface area contributed by atoms with E-state index in [0.29, 0.717) is 16.3 Å². The van der Waals surface area contributed by atoms with Crippen molar-refractivity contribution in [3.05, 3.63) is 29.8 Å². The molecule has 1 aromatic carbocycles. The van der Waals surface area contributed by atoms with E-state index in [9.17, 15) is 19.2 Å². The molecule has 1 aromatic rings. The minimum absolute atomic E-state index is 0.398. The van der Waals surface area contributed by atoms with Gasteiger partial charge >= 0.3 is 12.0 Å². The number of nitrogens with one attached hydrogen (secondary N) is 2. The van der Waals surface area contributed by atoms with Crippen molar-refractivity contribution in [3.8, 4) is 0 Å². The minimum atomic E-state index is -1.44. The summed E-state index contributed by atoms with van der Waals surface area (Å²) < 4.78 is 0. The largest absolute Gasteiger partial charge is 0.481 e. The number of carboxylic acid groups (broad SMARTS) is 1. The molecule has 0 bridgehead atoms. The van der Waals surface area contributed by atoms with Crippen molar-refractivity contribution >= 4 is 36.1 Å². The lowest BCUT2D eigenvalue weighted by atomic mass is 10.2. The molecule has 10 heteroatoms. The molecule has 1 atom stereocenters. The number of rotatable bonds is 6. The number of hydrazine groups is 1. The van der Waals surface area contributed by atoms with Crippen LogP contribution in [0.3, 0.4) is 0 Å². The predicted molar refractivity (Wildman–Crippen MR) is 84.6 cm³/mol. The van der Waals surface area contributed by atoms with E-state index in [0.717, 1.165) is 6.92 Å². The second-order valence-electron chi connectivity index (χ2n) is 4.59. The molecule has 5 N–H and O–H groups in total. The van der Waals surface area contributed by atoms with Crippen molar-refractivity contribution in [1.29, 1.82) is 0 Å². The molecule has 1 rings (SSSR count). The number of benzene rings is 1. The van der Waals surface area contributed by atoms with Crippen molar-refractivity contribution in [2.24, 2.45) is 10.9 Å². The normalized spacial score (nSPS) is 11.5. The molecular weight excluding hydrogens is 318 g/mol. The summed E-state index contributed by atoms with van der Waals surface area (Å²) in [6, 6.07) is 4.15. The zero-order valence-corrected chi connectivity index (χ0v) is 12.7. The summed E-state index contributed by atoms with van der Waals surface area (Å²) >= 11 is 0. The van der Waals surface area contributed by atoms with Gasteiger partial charge in [-0.25, -0.2) is 15.2 Å². The Morgan fingerprint density at radius 3 is 2.46 bits per heavy atom. The second-order valence-corrected chi connectivity index (χ2v) is 4.59. The number of amides is 3. The molecule has 0 saturated heterocycles. The summed E-state index contributed by atoms with van der Waals surface area (Å²) in [6.07, 6.45) is 2.14. The van der Waals surface area contributed by atoms with E-state index in [1.807, 2.05) is 0 Å². The average Bonchev–Trinajstić information content (AvgIpc) is 2.52. The molecule has 0 aliphatic carbocycles. The Hall–Kier alpha value is -3.43. The molecule has 24 heavy (non-hydrogen) atoms. The van der Waals surface area contributed by atoms with Crippen LogP contribution >= 0.6 is 0 Å². The van der Waals surface area contributed by atoms with Gasteiger partial charge in [0.05, 0.1) is 12.6 Å². The number of urea groups is 1. The van der Waals surface area contributed by atoms with Gasteiger partial charge in [-0.1, -0.05) is 12.1 Å². The molecule has 0 aliphatic rings. The molecule has 0 spiro atoms. The zero-order chi connectivity index (χ0) is 18.1. The summed E-state index contributed by atoms with van der Waals surface area (Å²) in [5, 5.41) is 15.1. The van der Waals surface area contributed by atoms with Crippen LogP contribution in [0.25, 0.3) is 0 Å². The van der Waals surface area contributed by atoms with Gasteiger partial charge < -0.3 is 16.3 Å². The first-order valence-corrected chi connectivity index (χ1v) is 6.67. The number of nitrogens with two attached hydrogens (primary N) is 1. The van der Waals surface area contributed by atoms with Gasteiger partial charge in [0, 0.05) is 12.6 Å². The highest BCUT2D eigenvalue weighted by atomic mass is 16.4. The monoisotopic (exact) mass is 334 g/mol. The molecule has 0 aliphatic heterocycles. The van der Waals surface area contributed by atoms with Gasteiger partial charge in [-0.05, 0) is 17.7 Å². The zero-order valence-electron chi connectivity index (χ0n) is 12.7. The van der Waals surface area contributed by atoms with Crippen molar-refractivity contribution in [3.63, 3.8) is 0 Å². The van der Waals surface area contributed by atoms with Crippen LogP contribution in [0.1, 0.15) is 18.9 Å². The molecule has 0 saturated carbocycles. The average molecular weight is 334 g/mol. The third kappa shape index (κ3) is 5.75. The molecule has 0 heterocycles. The van der Waals surface area contributed by atoms with E-state index in [4.69, 9.17) is 10.9 Å². The Kier molecular flexibility index (Phi) is 6.89. The van der Waals surface area contributed by atoms with Crippen LogP contribution in [0.15, 0.2) is 29.4 Å². The fourth-order valence-electron chi connectivity index (χ4n) is 1.73. The van der Waals surface area contributed by atoms with Gasteiger partial charge in [0.15, 0.2) is 0 Å². The van der Waals surface area contributed by atoms with Crippen LogP contribution in [0.4, 0.5) is 10.5 Å². The summed E-state index contributed by atoms with van der Waals surface area (Å²) in [7, 11) is 0. The van der Waals surface area contributed by atoms with Gasteiger partial charge in [-0.15, -0.1) is 0 Å². The van der Waals surface area contributed by atoms with Crippen molar-refractivity contribution in [2.45, 2.75) is 19.4 Å². The molecule has 0 fully saturated rings. The Morgan fingerprint density at radius 1 is 1.38 bits per heavy atom. The number of hydrogen-bond donors (Lipinski definition) is 4. The van der Waals surface area contributed by atoms with Crippen LogP contribution < -0.4 is 16.6 Å². The SMILES string of the molecule is CC(=O)N(NC(=O)Nc1ccc(C=NN)cc1)[C@H]([C]=O)CC(=O)O. The van der Waals surface area contributed by atoms with Gasteiger partial charge in [0.25, 0.3) is 0 Å². The van der Waals surface area contributed by atoms with Gasteiger partial charge in [0.1, 0.15) is 6.04 Å². The third-order valence-corrected chi connectivity index (χ3v) is 2.77. The Balaban J connectivity index is 2.76. The van der Waals surface area contributed by atoms with Crippen LogP contribution in [0.5, 0.6) is 0 Å². The predicted octanol–water partition coefficient (Wildman–Crippen LogP) is -0.183. The summed E-state index contributed by atoms with van der Waals surface area (Å²) in [5.74, 6) is 2.99. The first kappa shape index (κ1) is 18.6. The van der Waals surface area contributed by atoms with Crippen LogP contribution in [-0.4, -0.2) is 46.6 Å². The summed E-state index contributed by atoms with van der Waals surface area (Å²) in [6.45, 7) is 1.08. The lowest BCUT2D eigenvalue weighted by Crippen LogP contribution is -2.53. The molecule has 127 valence electrons. The van der Waals surface area contributed by atoms with E-state index < -0.39 is 30.4 Å². The molecule has 0 aromatic heterocycles. The first-order valence-electron chi connectivity index (χ1n) is 6.67. The van der Waals surface area contributed by atoms with Crippen molar-refractivity contribution < 1.29 is 24.3 Å². The second kappa shape index (κ2) is 8.88. The Bertz CT molecular complexity index is 643. The van der Waals surface area contributed by atoms with Crippen molar-refractivity contribution in [1.82, 2.24) is 10.4 Å². The van der Waals surface area contributed by atoms with E-state index in [2.05, 4.69) is 15.8 Å². The fourth-order valence-corrected chi connectivity index (χ4v) is 1.73. The van der Waals surface area contributed by atoms with E-state index in [1.54, 1.807) is 24.3 Å². The van der Waals surface area contributed by atoms with Gasteiger partial charge in [0.2, 0.25) is 12.2 Å². The maximum atomic E-state index is 11.9.